The maximum Gasteiger partial charge on any atom is 0.161 e. The van der Waals surface area contributed by atoms with Crippen LogP contribution in [0.25, 0.3) is 0 Å². The average Bonchev–Trinajstić information content (AvgIpc) is 2.73. The molecule has 3 aromatic rings. The smallest absolute Gasteiger partial charge is 0.161 e. The molecule has 3 rings (SSSR count). The summed E-state index contributed by atoms with van der Waals surface area (Å²) in [4.78, 5) is -0.993. The van der Waals surface area contributed by atoms with Gasteiger partial charge in [0.15, 0.2) is 17.0 Å². The summed E-state index contributed by atoms with van der Waals surface area (Å²) < 4.78 is 41.4. The fourth-order valence-electron chi connectivity index (χ4n) is 3.50. The molecule has 0 aliphatic heterocycles. The molecule has 0 aliphatic carbocycles. The van der Waals surface area contributed by atoms with E-state index in [1.54, 1.807) is 24.3 Å². The molecule has 0 bridgehead atoms. The molecule has 0 fully saturated rings. The SMILES string of the molecule is CCCS(=O)(=O)[C@H](Cc1ccccc1)P(=O)(c1ccccc1)c1ccccc1. The number of benzene rings is 3. The fraction of sp³-hybridized carbons (Fsp3) is 0.217. The van der Waals surface area contributed by atoms with Crippen LogP contribution in [-0.2, 0) is 20.8 Å². The lowest BCUT2D eigenvalue weighted by Crippen LogP contribution is -2.34. The first-order valence-corrected chi connectivity index (χ1v) is 12.9. The van der Waals surface area contributed by atoms with Gasteiger partial charge in [0.2, 0.25) is 0 Å². The summed E-state index contributed by atoms with van der Waals surface area (Å²) >= 11 is 0. The van der Waals surface area contributed by atoms with E-state index < -0.39 is 22.0 Å². The van der Waals surface area contributed by atoms with Gasteiger partial charge in [-0.3, -0.25) is 0 Å². The lowest BCUT2D eigenvalue weighted by atomic mass is 10.2. The van der Waals surface area contributed by atoms with Gasteiger partial charge in [0.05, 0.1) is 5.75 Å². The van der Waals surface area contributed by atoms with Crippen LogP contribution < -0.4 is 10.6 Å². The molecular formula is C23H25O3PS. The first-order valence-electron chi connectivity index (χ1n) is 9.45. The third-order valence-corrected chi connectivity index (χ3v) is 11.8. The van der Waals surface area contributed by atoms with E-state index in [4.69, 9.17) is 0 Å². The molecule has 1 atom stereocenters. The quantitative estimate of drug-likeness (QED) is 0.516. The van der Waals surface area contributed by atoms with Crippen molar-refractivity contribution >= 4 is 27.6 Å². The second-order valence-electron chi connectivity index (χ2n) is 6.84. The molecule has 0 N–H and O–H groups in total. The van der Waals surface area contributed by atoms with Crippen molar-refractivity contribution in [1.29, 1.82) is 0 Å². The van der Waals surface area contributed by atoms with Crippen LogP contribution >= 0.6 is 7.14 Å². The summed E-state index contributed by atoms with van der Waals surface area (Å²) in [6.45, 7) is 1.84. The first kappa shape index (κ1) is 20.6. The molecule has 3 nitrogen and oxygen atoms in total. The third kappa shape index (κ3) is 4.29. The Kier molecular flexibility index (Phi) is 6.53. The second-order valence-corrected chi connectivity index (χ2v) is 12.5. The van der Waals surface area contributed by atoms with Gasteiger partial charge in [0.25, 0.3) is 0 Å². The van der Waals surface area contributed by atoms with Crippen LogP contribution in [0.5, 0.6) is 0 Å². The normalized spacial score (nSPS) is 13.2. The van der Waals surface area contributed by atoms with Crippen molar-refractivity contribution in [3.05, 3.63) is 96.6 Å². The van der Waals surface area contributed by atoms with E-state index in [2.05, 4.69) is 0 Å². The number of sulfone groups is 1. The topological polar surface area (TPSA) is 51.2 Å². The van der Waals surface area contributed by atoms with Crippen molar-refractivity contribution in [1.82, 2.24) is 0 Å². The van der Waals surface area contributed by atoms with E-state index in [-0.39, 0.29) is 12.2 Å². The lowest BCUT2D eigenvalue weighted by molar-refractivity contribution is 0.572. The Labute approximate surface area is 167 Å². The molecule has 5 heteroatoms. The molecule has 0 unspecified atom stereocenters. The Morgan fingerprint density at radius 2 is 1.18 bits per heavy atom. The number of hydrogen-bond acceptors (Lipinski definition) is 3. The maximum atomic E-state index is 14.7. The predicted molar refractivity (Wildman–Crippen MR) is 118 cm³/mol. The minimum Gasteiger partial charge on any atom is -0.312 e. The van der Waals surface area contributed by atoms with Crippen LogP contribution in [0.15, 0.2) is 91.0 Å². The Balaban J connectivity index is 2.24. The first-order chi connectivity index (χ1) is 13.5. The minimum absolute atomic E-state index is 0.0220. The highest BCUT2D eigenvalue weighted by Crippen LogP contribution is 2.52. The van der Waals surface area contributed by atoms with Gasteiger partial charge in [0, 0.05) is 10.6 Å². The zero-order chi connectivity index (χ0) is 20.0. The van der Waals surface area contributed by atoms with Crippen molar-refractivity contribution in [2.45, 2.75) is 24.8 Å². The summed E-state index contributed by atoms with van der Waals surface area (Å²) in [6, 6.07) is 27.6. The molecule has 0 saturated heterocycles. The van der Waals surface area contributed by atoms with Crippen LogP contribution in [0.3, 0.4) is 0 Å². The van der Waals surface area contributed by atoms with E-state index in [1.807, 2.05) is 73.7 Å². The molecule has 0 aromatic heterocycles. The average molecular weight is 412 g/mol. The van der Waals surface area contributed by atoms with E-state index in [0.717, 1.165) is 5.56 Å². The minimum atomic E-state index is -3.59. The Hall–Kier alpha value is -2.16. The molecule has 0 aliphatic rings. The van der Waals surface area contributed by atoms with Gasteiger partial charge in [-0.05, 0) is 18.4 Å². The molecule has 3 aromatic carbocycles. The van der Waals surface area contributed by atoms with Gasteiger partial charge in [-0.2, -0.15) is 0 Å². The molecule has 146 valence electrons. The Bertz CT molecular complexity index is 989. The maximum absolute atomic E-state index is 14.7. The van der Waals surface area contributed by atoms with Crippen LogP contribution in [0, 0.1) is 0 Å². The van der Waals surface area contributed by atoms with Gasteiger partial charge >= 0.3 is 0 Å². The highest BCUT2D eigenvalue weighted by molar-refractivity contribution is 8.03. The van der Waals surface area contributed by atoms with Gasteiger partial charge in [-0.1, -0.05) is 97.9 Å². The van der Waals surface area contributed by atoms with Crippen LogP contribution in [0.4, 0.5) is 0 Å². The fourth-order valence-corrected chi connectivity index (χ4v) is 10.3. The van der Waals surface area contributed by atoms with E-state index in [1.165, 1.54) is 0 Å². The van der Waals surface area contributed by atoms with Crippen LogP contribution in [0.1, 0.15) is 18.9 Å². The molecular weight excluding hydrogens is 387 g/mol. The van der Waals surface area contributed by atoms with Crippen molar-refractivity contribution in [3.8, 4) is 0 Å². The van der Waals surface area contributed by atoms with Crippen molar-refractivity contribution in [3.63, 3.8) is 0 Å². The van der Waals surface area contributed by atoms with Gasteiger partial charge in [-0.15, -0.1) is 0 Å². The number of rotatable bonds is 8. The highest BCUT2D eigenvalue weighted by Gasteiger charge is 2.44. The van der Waals surface area contributed by atoms with Crippen molar-refractivity contribution in [2.75, 3.05) is 5.75 Å². The van der Waals surface area contributed by atoms with Gasteiger partial charge in [0.1, 0.15) is 4.99 Å². The third-order valence-electron chi connectivity index (χ3n) is 4.84. The predicted octanol–water partition coefficient (Wildman–Crippen LogP) is 4.39. The monoisotopic (exact) mass is 412 g/mol. The second kappa shape index (κ2) is 8.89. The molecule has 0 radical (unpaired) electrons. The number of hydrogen-bond donors (Lipinski definition) is 0. The summed E-state index contributed by atoms with van der Waals surface area (Å²) in [5.41, 5.74) is 0.874. The zero-order valence-electron chi connectivity index (χ0n) is 15.9. The molecule has 0 spiro atoms. The van der Waals surface area contributed by atoms with Crippen molar-refractivity contribution in [2.24, 2.45) is 0 Å². The Morgan fingerprint density at radius 1 is 0.750 bits per heavy atom. The summed E-state index contributed by atoms with van der Waals surface area (Å²) in [5, 5.41) is 1.17. The van der Waals surface area contributed by atoms with Crippen LogP contribution in [0.2, 0.25) is 0 Å². The van der Waals surface area contributed by atoms with Gasteiger partial charge < -0.3 is 4.57 Å². The van der Waals surface area contributed by atoms with Crippen LogP contribution in [-0.4, -0.2) is 19.2 Å². The largest absolute Gasteiger partial charge is 0.312 e. The Morgan fingerprint density at radius 3 is 1.61 bits per heavy atom. The highest BCUT2D eigenvalue weighted by atomic mass is 32.2. The van der Waals surface area contributed by atoms with Crippen molar-refractivity contribution < 1.29 is 13.0 Å². The summed E-state index contributed by atoms with van der Waals surface area (Å²) in [6.07, 6.45) is 0.724. The summed E-state index contributed by atoms with van der Waals surface area (Å²) in [5.74, 6) is 0.0220. The standard InChI is InChI=1S/C23H25O3PS/c1-2-18-28(25,26)23(19-20-12-6-3-7-13-20)27(24,21-14-8-4-9-15-21)22-16-10-5-11-17-22/h3-17,23H,2,18-19H2,1H3/t23-/m1/s1. The van der Waals surface area contributed by atoms with E-state index in [0.29, 0.717) is 17.0 Å². The molecule has 28 heavy (non-hydrogen) atoms. The molecule has 0 amide bonds. The van der Waals surface area contributed by atoms with E-state index >= 15 is 0 Å². The lowest BCUT2D eigenvalue weighted by Gasteiger charge is -2.29. The molecule has 0 heterocycles. The van der Waals surface area contributed by atoms with E-state index in [9.17, 15) is 13.0 Å². The van der Waals surface area contributed by atoms with Gasteiger partial charge in [-0.25, -0.2) is 8.42 Å². The summed E-state index contributed by atoms with van der Waals surface area (Å²) in [7, 11) is -7.03. The molecule has 0 saturated carbocycles. The zero-order valence-corrected chi connectivity index (χ0v) is 17.7.